The molecule has 17 heavy (non-hydrogen) atoms. The third kappa shape index (κ3) is 2.73. The highest BCUT2D eigenvalue weighted by molar-refractivity contribution is 6.30. The molecule has 3 nitrogen and oxygen atoms in total. The zero-order chi connectivity index (χ0) is 12.4. The van der Waals surface area contributed by atoms with Gasteiger partial charge in [-0.3, -0.25) is 9.59 Å². The first-order valence-electron chi connectivity index (χ1n) is 5.68. The van der Waals surface area contributed by atoms with Gasteiger partial charge in [-0.25, -0.2) is 0 Å². The van der Waals surface area contributed by atoms with E-state index >= 15 is 0 Å². The topological polar surface area (TPSA) is 60.2 Å². The fourth-order valence-corrected chi connectivity index (χ4v) is 2.30. The van der Waals surface area contributed by atoms with Gasteiger partial charge in [0, 0.05) is 23.4 Å². The van der Waals surface area contributed by atoms with E-state index in [1.165, 1.54) is 0 Å². The molecule has 0 aromatic heterocycles. The Morgan fingerprint density at radius 1 is 1.24 bits per heavy atom. The van der Waals surface area contributed by atoms with Crippen LogP contribution in [0.25, 0.3) is 0 Å². The van der Waals surface area contributed by atoms with Crippen molar-refractivity contribution in [1.29, 1.82) is 0 Å². The van der Waals surface area contributed by atoms with Gasteiger partial charge in [-0.05, 0) is 36.6 Å². The summed E-state index contributed by atoms with van der Waals surface area (Å²) in [6.45, 7) is 0. The first-order chi connectivity index (χ1) is 8.08. The molecule has 0 heterocycles. The second-order valence-corrected chi connectivity index (χ2v) is 4.79. The molecule has 90 valence electrons. The van der Waals surface area contributed by atoms with Crippen molar-refractivity contribution < 1.29 is 9.59 Å². The van der Waals surface area contributed by atoms with Crippen LogP contribution in [0.15, 0.2) is 18.2 Å². The number of hydrogen-bond acceptors (Lipinski definition) is 3. The number of nitrogens with two attached hydrogens (primary N) is 1. The lowest BCUT2D eigenvalue weighted by Crippen LogP contribution is -2.32. The summed E-state index contributed by atoms with van der Waals surface area (Å²) in [5.41, 5.74) is 7.27. The smallest absolute Gasteiger partial charge is 0.165 e. The Balaban J connectivity index is 2.37. The van der Waals surface area contributed by atoms with Gasteiger partial charge in [-0.1, -0.05) is 11.6 Å². The molecule has 1 aromatic rings. The van der Waals surface area contributed by atoms with Crippen LogP contribution >= 0.6 is 11.6 Å². The fraction of sp³-hybridized carbons (Fsp3) is 0.385. The van der Waals surface area contributed by atoms with Gasteiger partial charge in [-0.2, -0.15) is 0 Å². The number of ketones is 2. The largest absolute Gasteiger partial charge is 0.321 e. The molecule has 4 heteroatoms. The summed E-state index contributed by atoms with van der Waals surface area (Å²) in [5.74, 6) is -0.100. The first-order valence-corrected chi connectivity index (χ1v) is 6.05. The average Bonchev–Trinajstić information content (AvgIpc) is 2.32. The van der Waals surface area contributed by atoms with Gasteiger partial charge < -0.3 is 5.73 Å². The molecule has 0 saturated heterocycles. The second kappa shape index (κ2) is 4.98. The van der Waals surface area contributed by atoms with Crippen molar-refractivity contribution in [2.75, 3.05) is 0 Å². The van der Waals surface area contributed by atoms with Gasteiger partial charge in [0.15, 0.2) is 5.78 Å². The summed E-state index contributed by atoms with van der Waals surface area (Å²) >= 11 is 5.91. The van der Waals surface area contributed by atoms with Gasteiger partial charge in [0.05, 0.1) is 6.04 Å². The molecule has 1 atom stereocenters. The van der Waals surface area contributed by atoms with Crippen molar-refractivity contribution in [1.82, 2.24) is 0 Å². The number of halogens is 1. The van der Waals surface area contributed by atoms with E-state index in [0.29, 0.717) is 29.8 Å². The summed E-state index contributed by atoms with van der Waals surface area (Å²) in [6.07, 6.45) is 1.93. The Labute approximate surface area is 105 Å². The van der Waals surface area contributed by atoms with Crippen LogP contribution in [-0.2, 0) is 11.2 Å². The van der Waals surface area contributed by atoms with Crippen LogP contribution < -0.4 is 5.73 Å². The molecule has 0 aliphatic heterocycles. The van der Waals surface area contributed by atoms with Crippen LogP contribution in [0, 0.1) is 0 Å². The number of carbonyl (C=O) groups excluding carboxylic acids is 2. The second-order valence-electron chi connectivity index (χ2n) is 4.36. The molecule has 0 saturated carbocycles. The Morgan fingerprint density at radius 3 is 2.76 bits per heavy atom. The lowest BCUT2D eigenvalue weighted by atomic mass is 9.98. The predicted molar refractivity (Wildman–Crippen MR) is 66.3 cm³/mol. The highest BCUT2D eigenvalue weighted by atomic mass is 35.5. The van der Waals surface area contributed by atoms with Crippen molar-refractivity contribution >= 4 is 23.2 Å². The van der Waals surface area contributed by atoms with Crippen molar-refractivity contribution in [2.24, 2.45) is 5.73 Å². The maximum absolute atomic E-state index is 12.0. The zero-order valence-corrected chi connectivity index (χ0v) is 10.2. The van der Waals surface area contributed by atoms with Crippen molar-refractivity contribution in [3.05, 3.63) is 34.3 Å². The fourth-order valence-electron chi connectivity index (χ4n) is 2.10. The SMILES string of the molecule is NC1CC(=O)c2ccc(Cl)cc2CCCC1=O. The van der Waals surface area contributed by atoms with Crippen LogP contribution in [0.2, 0.25) is 5.02 Å². The molecule has 0 amide bonds. The number of rotatable bonds is 0. The van der Waals surface area contributed by atoms with E-state index in [1.54, 1.807) is 18.2 Å². The van der Waals surface area contributed by atoms with Crippen LogP contribution in [0.1, 0.15) is 35.2 Å². The molecule has 2 rings (SSSR count). The van der Waals surface area contributed by atoms with Gasteiger partial charge in [-0.15, -0.1) is 0 Å². The number of fused-ring (bicyclic) bond motifs is 1. The number of Topliss-reactive ketones (excluding diaryl/α,β-unsaturated/α-hetero) is 2. The molecule has 1 unspecified atom stereocenters. The minimum Gasteiger partial charge on any atom is -0.321 e. The maximum Gasteiger partial charge on any atom is 0.165 e. The number of aryl methyl sites for hydroxylation is 1. The molecule has 1 aromatic carbocycles. The van der Waals surface area contributed by atoms with E-state index in [9.17, 15) is 9.59 Å². The number of benzene rings is 1. The van der Waals surface area contributed by atoms with Gasteiger partial charge in [0.1, 0.15) is 5.78 Å². The number of carbonyl (C=O) groups is 2. The van der Waals surface area contributed by atoms with Crippen LogP contribution in [0.3, 0.4) is 0 Å². The van der Waals surface area contributed by atoms with E-state index in [1.807, 2.05) is 0 Å². The van der Waals surface area contributed by atoms with Crippen LogP contribution in [-0.4, -0.2) is 17.6 Å². The number of hydrogen-bond donors (Lipinski definition) is 1. The van der Waals surface area contributed by atoms with Gasteiger partial charge in [0.2, 0.25) is 0 Å². The molecule has 0 spiro atoms. The third-order valence-electron chi connectivity index (χ3n) is 3.06. The Hall–Kier alpha value is -1.19. The standard InChI is InChI=1S/C13H14ClNO2/c14-9-4-5-10-8(6-9)2-1-3-12(16)11(15)7-13(10)17/h4-6,11H,1-3,7,15H2. The van der Waals surface area contributed by atoms with E-state index in [0.717, 1.165) is 5.56 Å². The molecule has 2 N–H and O–H groups in total. The lowest BCUT2D eigenvalue weighted by molar-refractivity contribution is -0.120. The minimum atomic E-state index is -0.663. The normalized spacial score (nSPS) is 21.4. The van der Waals surface area contributed by atoms with E-state index in [2.05, 4.69) is 0 Å². The summed E-state index contributed by atoms with van der Waals surface area (Å²) in [7, 11) is 0. The highest BCUT2D eigenvalue weighted by Gasteiger charge is 2.22. The highest BCUT2D eigenvalue weighted by Crippen LogP contribution is 2.22. The molecule has 1 aliphatic carbocycles. The molecular formula is C13H14ClNO2. The van der Waals surface area contributed by atoms with E-state index < -0.39 is 6.04 Å². The Kier molecular flexibility index (Phi) is 3.60. The zero-order valence-electron chi connectivity index (χ0n) is 9.41. The monoisotopic (exact) mass is 251 g/mol. The van der Waals surface area contributed by atoms with E-state index in [-0.39, 0.29) is 18.0 Å². The summed E-state index contributed by atoms with van der Waals surface area (Å²) in [4.78, 5) is 23.6. The van der Waals surface area contributed by atoms with Crippen LogP contribution in [0.4, 0.5) is 0 Å². The lowest BCUT2D eigenvalue weighted by Gasteiger charge is -2.08. The molecule has 0 radical (unpaired) electrons. The average molecular weight is 252 g/mol. The van der Waals surface area contributed by atoms with Gasteiger partial charge in [0.25, 0.3) is 0 Å². The molecule has 1 aliphatic rings. The third-order valence-corrected chi connectivity index (χ3v) is 3.29. The summed E-state index contributed by atoms with van der Waals surface area (Å²) < 4.78 is 0. The Bertz CT molecular complexity index is 470. The quantitative estimate of drug-likeness (QED) is 0.769. The van der Waals surface area contributed by atoms with Crippen molar-refractivity contribution in [3.8, 4) is 0 Å². The molecule has 0 fully saturated rings. The predicted octanol–water partition coefficient (Wildman–Crippen LogP) is 2.15. The Morgan fingerprint density at radius 2 is 2.00 bits per heavy atom. The van der Waals surface area contributed by atoms with E-state index in [4.69, 9.17) is 17.3 Å². The van der Waals surface area contributed by atoms with Crippen molar-refractivity contribution in [3.63, 3.8) is 0 Å². The molecular weight excluding hydrogens is 238 g/mol. The van der Waals surface area contributed by atoms with Gasteiger partial charge >= 0.3 is 0 Å². The minimum absolute atomic E-state index is 0.0303. The van der Waals surface area contributed by atoms with Crippen LogP contribution in [0.5, 0.6) is 0 Å². The summed E-state index contributed by atoms with van der Waals surface area (Å²) in [5, 5.41) is 0.617. The maximum atomic E-state index is 12.0. The first kappa shape index (κ1) is 12.3. The molecule has 0 bridgehead atoms. The summed E-state index contributed by atoms with van der Waals surface area (Å²) in [6, 6.07) is 4.56. The van der Waals surface area contributed by atoms with Crippen molar-refractivity contribution in [2.45, 2.75) is 31.7 Å².